The lowest BCUT2D eigenvalue weighted by atomic mass is 9.89. The number of nitrogens with zero attached hydrogens (tertiary/aromatic N) is 2. The molecule has 0 aliphatic carbocycles. The number of amides is 1. The first-order chi connectivity index (χ1) is 13.5. The summed E-state index contributed by atoms with van der Waals surface area (Å²) in [5.41, 5.74) is 1.77. The molecule has 0 N–H and O–H groups in total. The number of carbonyl (C=O) groups is 2. The van der Waals surface area contributed by atoms with Crippen molar-refractivity contribution in [3.63, 3.8) is 0 Å². The number of benzene rings is 1. The molecule has 28 heavy (non-hydrogen) atoms. The van der Waals surface area contributed by atoms with Gasteiger partial charge in [-0.15, -0.1) is 0 Å². The highest BCUT2D eigenvalue weighted by atomic mass is 16.5. The van der Waals surface area contributed by atoms with Crippen molar-refractivity contribution in [2.45, 2.75) is 45.6 Å². The Bertz CT molecular complexity index is 805. The van der Waals surface area contributed by atoms with Crippen LogP contribution >= 0.6 is 0 Å². The molecule has 1 fully saturated rings. The van der Waals surface area contributed by atoms with Crippen molar-refractivity contribution in [1.82, 2.24) is 9.88 Å². The minimum atomic E-state index is -0.145. The largest absolute Gasteiger partial charge is 0.491 e. The Hall–Kier alpha value is -2.69. The van der Waals surface area contributed by atoms with E-state index >= 15 is 0 Å². The van der Waals surface area contributed by atoms with E-state index < -0.39 is 0 Å². The van der Waals surface area contributed by atoms with Crippen LogP contribution in [0.4, 0.5) is 0 Å². The lowest BCUT2D eigenvalue weighted by molar-refractivity contribution is -0.132. The molecular weight excluding hydrogens is 352 g/mol. The summed E-state index contributed by atoms with van der Waals surface area (Å²) in [6.07, 6.45) is 6.39. The fourth-order valence-corrected chi connectivity index (χ4v) is 3.61. The van der Waals surface area contributed by atoms with Crippen molar-refractivity contribution in [1.29, 1.82) is 0 Å². The van der Waals surface area contributed by atoms with Crippen LogP contribution in [-0.4, -0.2) is 40.8 Å². The van der Waals surface area contributed by atoms with E-state index in [4.69, 9.17) is 4.74 Å². The molecule has 0 radical (unpaired) electrons. The van der Waals surface area contributed by atoms with Crippen LogP contribution in [-0.2, 0) is 11.2 Å². The Kier molecular flexibility index (Phi) is 6.80. The number of hydrogen-bond acceptors (Lipinski definition) is 4. The van der Waals surface area contributed by atoms with Crippen LogP contribution in [0.1, 0.15) is 49.0 Å². The average Bonchev–Trinajstić information content (AvgIpc) is 2.72. The number of ketones is 1. The zero-order chi connectivity index (χ0) is 19.9. The van der Waals surface area contributed by atoms with Gasteiger partial charge in [0.25, 0.3) is 0 Å². The first-order valence-electron chi connectivity index (χ1n) is 10.0. The molecule has 0 spiro atoms. The number of aromatic nitrogens is 1. The summed E-state index contributed by atoms with van der Waals surface area (Å²) in [5, 5.41) is 0. The second-order valence-electron chi connectivity index (χ2n) is 7.59. The monoisotopic (exact) mass is 380 g/mol. The van der Waals surface area contributed by atoms with E-state index in [0.29, 0.717) is 30.7 Å². The molecule has 1 aliphatic heterocycles. The van der Waals surface area contributed by atoms with Crippen molar-refractivity contribution in [2.75, 3.05) is 13.1 Å². The standard InChI is InChI=1S/C23H28N2O3/c1-17(2)28-21-7-3-5-19(15-21)23(27)20-6-4-14-25(16-20)22(26)9-8-18-10-12-24-13-11-18/h3,5,7,10-13,15,17,20H,4,6,8-9,14,16H2,1-2H3. The van der Waals surface area contributed by atoms with Crippen LogP contribution in [0, 0.1) is 5.92 Å². The van der Waals surface area contributed by atoms with Crippen molar-refractivity contribution in [3.05, 3.63) is 59.9 Å². The normalized spacial score (nSPS) is 16.8. The molecule has 1 amide bonds. The second-order valence-corrected chi connectivity index (χ2v) is 7.59. The van der Waals surface area contributed by atoms with Gasteiger partial charge in [-0.1, -0.05) is 12.1 Å². The van der Waals surface area contributed by atoms with Gasteiger partial charge in [-0.05, 0) is 62.9 Å². The zero-order valence-corrected chi connectivity index (χ0v) is 16.6. The maximum atomic E-state index is 13.0. The van der Waals surface area contributed by atoms with Crippen LogP contribution < -0.4 is 4.74 Å². The number of aryl methyl sites for hydroxylation is 1. The predicted octanol–water partition coefficient (Wildman–Crippen LogP) is 3.92. The van der Waals surface area contributed by atoms with Gasteiger partial charge >= 0.3 is 0 Å². The fourth-order valence-electron chi connectivity index (χ4n) is 3.61. The molecule has 1 atom stereocenters. The highest BCUT2D eigenvalue weighted by Crippen LogP contribution is 2.24. The summed E-state index contributed by atoms with van der Waals surface area (Å²) in [5.74, 6) is 0.780. The molecule has 3 rings (SSSR count). The summed E-state index contributed by atoms with van der Waals surface area (Å²) in [7, 11) is 0. The third kappa shape index (κ3) is 5.41. The molecule has 1 aliphatic rings. The Morgan fingerprint density at radius 1 is 1.21 bits per heavy atom. The van der Waals surface area contributed by atoms with E-state index in [2.05, 4.69) is 4.98 Å². The number of hydrogen-bond donors (Lipinski definition) is 0. The highest BCUT2D eigenvalue weighted by molar-refractivity contribution is 5.98. The molecule has 1 saturated heterocycles. The second kappa shape index (κ2) is 9.49. The Labute approximate surface area is 166 Å². The third-order valence-corrected chi connectivity index (χ3v) is 5.01. The molecule has 148 valence electrons. The summed E-state index contributed by atoms with van der Waals surface area (Å²) < 4.78 is 5.70. The van der Waals surface area contributed by atoms with E-state index in [1.54, 1.807) is 12.4 Å². The average molecular weight is 380 g/mol. The zero-order valence-electron chi connectivity index (χ0n) is 16.6. The minimum absolute atomic E-state index is 0.0635. The number of carbonyl (C=O) groups excluding carboxylic acids is 2. The van der Waals surface area contributed by atoms with Crippen molar-refractivity contribution in [2.24, 2.45) is 5.92 Å². The van der Waals surface area contributed by atoms with Gasteiger partial charge in [0.1, 0.15) is 5.75 Å². The Balaban J connectivity index is 1.59. The molecule has 2 aromatic rings. The molecule has 5 heteroatoms. The van der Waals surface area contributed by atoms with E-state index in [1.807, 2.05) is 55.1 Å². The number of Topliss-reactive ketones (excluding diaryl/α,β-unsaturated/α-hetero) is 1. The third-order valence-electron chi connectivity index (χ3n) is 5.01. The van der Waals surface area contributed by atoms with Gasteiger partial charge in [0.05, 0.1) is 6.10 Å². The molecule has 2 heterocycles. The fraction of sp³-hybridized carbons (Fsp3) is 0.435. The molecule has 0 saturated carbocycles. The first kappa shape index (κ1) is 20.1. The topological polar surface area (TPSA) is 59.5 Å². The first-order valence-corrected chi connectivity index (χ1v) is 10.0. The van der Waals surface area contributed by atoms with Crippen LogP contribution in [0.2, 0.25) is 0 Å². The van der Waals surface area contributed by atoms with Gasteiger partial charge in [0.2, 0.25) is 5.91 Å². The number of likely N-dealkylation sites (tertiary alicyclic amines) is 1. The van der Waals surface area contributed by atoms with Crippen LogP contribution in [0.3, 0.4) is 0 Å². The molecule has 1 aromatic carbocycles. The smallest absolute Gasteiger partial charge is 0.222 e. The van der Waals surface area contributed by atoms with Crippen molar-refractivity contribution in [3.8, 4) is 5.75 Å². The van der Waals surface area contributed by atoms with Gasteiger partial charge in [-0.2, -0.15) is 0 Å². The SMILES string of the molecule is CC(C)Oc1cccc(C(=O)C2CCCN(C(=O)CCc3ccncc3)C2)c1. The van der Waals surface area contributed by atoms with E-state index in [9.17, 15) is 9.59 Å². The summed E-state index contributed by atoms with van der Waals surface area (Å²) in [4.78, 5) is 31.5. The summed E-state index contributed by atoms with van der Waals surface area (Å²) in [6.45, 7) is 5.16. The lowest BCUT2D eigenvalue weighted by Gasteiger charge is -2.32. The van der Waals surface area contributed by atoms with Crippen LogP contribution in [0.15, 0.2) is 48.8 Å². The highest BCUT2D eigenvalue weighted by Gasteiger charge is 2.29. The molecular formula is C23H28N2O3. The molecule has 1 aromatic heterocycles. The maximum Gasteiger partial charge on any atom is 0.222 e. The Morgan fingerprint density at radius 3 is 2.75 bits per heavy atom. The Morgan fingerprint density at radius 2 is 2.00 bits per heavy atom. The van der Waals surface area contributed by atoms with Crippen molar-refractivity contribution >= 4 is 11.7 Å². The van der Waals surface area contributed by atoms with Gasteiger partial charge in [0.15, 0.2) is 5.78 Å². The van der Waals surface area contributed by atoms with Gasteiger partial charge in [-0.3, -0.25) is 14.6 Å². The number of pyridine rings is 1. The molecule has 1 unspecified atom stereocenters. The van der Waals surface area contributed by atoms with Crippen molar-refractivity contribution < 1.29 is 14.3 Å². The summed E-state index contributed by atoms with van der Waals surface area (Å²) >= 11 is 0. The predicted molar refractivity (Wildman–Crippen MR) is 108 cm³/mol. The maximum absolute atomic E-state index is 13.0. The van der Waals surface area contributed by atoms with E-state index in [1.165, 1.54) is 0 Å². The lowest BCUT2D eigenvalue weighted by Crippen LogP contribution is -2.42. The molecule has 5 nitrogen and oxygen atoms in total. The van der Waals surface area contributed by atoms with E-state index in [-0.39, 0.29) is 23.7 Å². The quantitative estimate of drug-likeness (QED) is 0.683. The van der Waals surface area contributed by atoms with Crippen LogP contribution in [0.25, 0.3) is 0 Å². The molecule has 0 bridgehead atoms. The number of ether oxygens (including phenoxy) is 1. The van der Waals surface area contributed by atoms with Crippen LogP contribution in [0.5, 0.6) is 5.75 Å². The number of rotatable bonds is 7. The van der Waals surface area contributed by atoms with Gasteiger partial charge in [0, 0.05) is 43.4 Å². The summed E-state index contributed by atoms with van der Waals surface area (Å²) in [6, 6.07) is 11.2. The minimum Gasteiger partial charge on any atom is -0.491 e. The van der Waals surface area contributed by atoms with Gasteiger partial charge in [-0.25, -0.2) is 0 Å². The van der Waals surface area contributed by atoms with E-state index in [0.717, 1.165) is 24.9 Å². The van der Waals surface area contributed by atoms with Gasteiger partial charge < -0.3 is 9.64 Å². The number of piperidine rings is 1.